The summed E-state index contributed by atoms with van der Waals surface area (Å²) in [6.07, 6.45) is 6.99. The number of anilines is 1. The third-order valence-corrected chi connectivity index (χ3v) is 4.88. The monoisotopic (exact) mass is 408 g/mol. The zero-order valence-electron chi connectivity index (χ0n) is 14.4. The summed E-state index contributed by atoms with van der Waals surface area (Å²) in [5, 5.41) is 4.43. The van der Waals surface area contributed by atoms with Gasteiger partial charge in [-0.1, -0.05) is 6.07 Å². The van der Waals surface area contributed by atoms with Gasteiger partial charge in [-0.3, -0.25) is 9.55 Å². The van der Waals surface area contributed by atoms with E-state index in [-0.39, 0.29) is 0 Å². The smallest absolute Gasteiger partial charge is 0.151 e. The molecule has 0 aliphatic carbocycles. The highest BCUT2D eigenvalue weighted by molar-refractivity contribution is 9.10. The van der Waals surface area contributed by atoms with Gasteiger partial charge in [-0.15, -0.1) is 0 Å². The molecule has 0 aliphatic heterocycles. The van der Waals surface area contributed by atoms with Crippen LogP contribution in [-0.2, 0) is 6.54 Å². The number of nitrogens with zero attached hydrogens (tertiary/aromatic N) is 5. The van der Waals surface area contributed by atoms with Crippen molar-refractivity contribution in [1.82, 2.24) is 24.5 Å². The molecule has 0 aliphatic rings. The molecule has 0 fully saturated rings. The predicted octanol–water partition coefficient (Wildman–Crippen LogP) is 4.20. The van der Waals surface area contributed by atoms with Crippen molar-refractivity contribution in [2.45, 2.75) is 20.4 Å². The van der Waals surface area contributed by atoms with Gasteiger partial charge in [0.15, 0.2) is 5.65 Å². The van der Waals surface area contributed by atoms with Crippen LogP contribution in [0, 0.1) is 13.8 Å². The molecule has 0 spiro atoms. The normalized spacial score (nSPS) is 11.0. The van der Waals surface area contributed by atoms with Crippen molar-refractivity contribution in [3.63, 3.8) is 0 Å². The van der Waals surface area contributed by atoms with Crippen molar-refractivity contribution in [3.05, 3.63) is 70.5 Å². The van der Waals surface area contributed by atoms with Crippen LogP contribution in [0.5, 0.6) is 0 Å². The topological polar surface area (TPSA) is 68.5 Å². The molecule has 4 aromatic heterocycles. The van der Waals surface area contributed by atoms with Crippen molar-refractivity contribution in [2.24, 2.45) is 0 Å². The second-order valence-corrected chi connectivity index (χ2v) is 6.93. The van der Waals surface area contributed by atoms with E-state index in [0.717, 1.165) is 44.0 Å². The summed E-state index contributed by atoms with van der Waals surface area (Å²) in [5.41, 5.74) is 4.18. The molecule has 0 amide bonds. The number of nitrogens with one attached hydrogen (secondary N) is 1. The van der Waals surface area contributed by atoms with Gasteiger partial charge in [-0.2, -0.15) is 0 Å². The van der Waals surface area contributed by atoms with Gasteiger partial charge in [0.05, 0.1) is 5.39 Å². The quantitative estimate of drug-likeness (QED) is 0.547. The fourth-order valence-corrected chi connectivity index (χ4v) is 3.24. The van der Waals surface area contributed by atoms with E-state index in [4.69, 9.17) is 0 Å². The molecular formula is C19H17BrN6. The average molecular weight is 409 g/mol. The van der Waals surface area contributed by atoms with Crippen LogP contribution in [0.1, 0.15) is 16.8 Å². The largest absolute Gasteiger partial charge is 0.365 e. The lowest BCUT2D eigenvalue weighted by molar-refractivity contribution is 0.963. The zero-order chi connectivity index (χ0) is 18.1. The lowest BCUT2D eigenvalue weighted by Gasteiger charge is -2.08. The first kappa shape index (κ1) is 16.7. The number of halogens is 1. The van der Waals surface area contributed by atoms with Crippen LogP contribution in [0.4, 0.5) is 5.82 Å². The summed E-state index contributed by atoms with van der Waals surface area (Å²) in [4.78, 5) is 17.7. The van der Waals surface area contributed by atoms with Crippen molar-refractivity contribution < 1.29 is 0 Å². The third-order valence-electron chi connectivity index (χ3n) is 4.42. The van der Waals surface area contributed by atoms with Crippen LogP contribution >= 0.6 is 15.9 Å². The van der Waals surface area contributed by atoms with E-state index >= 15 is 0 Å². The van der Waals surface area contributed by atoms with E-state index in [0.29, 0.717) is 6.54 Å². The molecule has 4 aromatic rings. The second kappa shape index (κ2) is 6.84. The van der Waals surface area contributed by atoms with Gasteiger partial charge < -0.3 is 5.32 Å². The van der Waals surface area contributed by atoms with Gasteiger partial charge in [0.2, 0.25) is 0 Å². The lowest BCUT2D eigenvalue weighted by Crippen LogP contribution is -2.04. The molecule has 0 bridgehead atoms. The van der Waals surface area contributed by atoms with E-state index in [1.807, 2.05) is 30.5 Å². The van der Waals surface area contributed by atoms with E-state index in [2.05, 4.69) is 59.6 Å². The molecule has 26 heavy (non-hydrogen) atoms. The first-order chi connectivity index (χ1) is 12.6. The van der Waals surface area contributed by atoms with E-state index in [9.17, 15) is 0 Å². The predicted molar refractivity (Wildman–Crippen MR) is 105 cm³/mol. The highest BCUT2D eigenvalue weighted by atomic mass is 79.9. The summed E-state index contributed by atoms with van der Waals surface area (Å²) >= 11 is 3.43. The van der Waals surface area contributed by atoms with Gasteiger partial charge >= 0.3 is 0 Å². The fourth-order valence-electron chi connectivity index (χ4n) is 3.00. The number of rotatable bonds is 4. The molecule has 0 atom stereocenters. The van der Waals surface area contributed by atoms with Crippen molar-refractivity contribution >= 4 is 32.8 Å². The van der Waals surface area contributed by atoms with Gasteiger partial charge in [-0.05, 0) is 59.1 Å². The summed E-state index contributed by atoms with van der Waals surface area (Å²) in [6, 6.07) is 7.91. The van der Waals surface area contributed by atoms with Crippen LogP contribution in [0.15, 0.2) is 53.7 Å². The fraction of sp³-hybridized carbons (Fsp3) is 0.158. The summed E-state index contributed by atoms with van der Waals surface area (Å²) in [5.74, 6) is 1.65. The Morgan fingerprint density at radius 1 is 1.08 bits per heavy atom. The average Bonchev–Trinajstić information content (AvgIpc) is 2.93. The van der Waals surface area contributed by atoms with E-state index in [1.165, 1.54) is 0 Å². The SMILES string of the molecule is Cc1c(C)n(-c2ccc(Br)cn2)c2ncnc(NCc3cccnc3)c12. The molecule has 0 aromatic carbocycles. The lowest BCUT2D eigenvalue weighted by atomic mass is 10.2. The summed E-state index contributed by atoms with van der Waals surface area (Å²) in [6.45, 7) is 4.82. The van der Waals surface area contributed by atoms with Crippen molar-refractivity contribution in [2.75, 3.05) is 5.32 Å². The maximum absolute atomic E-state index is 4.53. The van der Waals surface area contributed by atoms with Crippen LogP contribution < -0.4 is 5.32 Å². The van der Waals surface area contributed by atoms with Gasteiger partial charge in [-0.25, -0.2) is 15.0 Å². The molecule has 4 rings (SSSR count). The molecule has 0 unspecified atom stereocenters. The first-order valence-electron chi connectivity index (χ1n) is 8.22. The molecule has 130 valence electrons. The van der Waals surface area contributed by atoms with Crippen LogP contribution in [-0.4, -0.2) is 24.5 Å². The third kappa shape index (κ3) is 2.94. The minimum atomic E-state index is 0.653. The molecule has 0 saturated heterocycles. The van der Waals surface area contributed by atoms with E-state index in [1.54, 1.807) is 18.7 Å². The maximum atomic E-state index is 4.53. The molecular weight excluding hydrogens is 392 g/mol. The Bertz CT molecular complexity index is 1060. The molecule has 6 nitrogen and oxygen atoms in total. The first-order valence-corrected chi connectivity index (χ1v) is 9.02. The number of hydrogen-bond acceptors (Lipinski definition) is 5. The number of pyridine rings is 2. The Hall–Kier alpha value is -2.80. The Balaban J connectivity index is 1.79. The van der Waals surface area contributed by atoms with Crippen LogP contribution in [0.25, 0.3) is 16.9 Å². The molecule has 7 heteroatoms. The van der Waals surface area contributed by atoms with Gasteiger partial charge in [0.1, 0.15) is 18.0 Å². The Labute approximate surface area is 159 Å². The van der Waals surface area contributed by atoms with Crippen LogP contribution in [0.3, 0.4) is 0 Å². The van der Waals surface area contributed by atoms with Gasteiger partial charge in [0, 0.05) is 35.3 Å². The van der Waals surface area contributed by atoms with E-state index < -0.39 is 0 Å². The highest BCUT2D eigenvalue weighted by Crippen LogP contribution is 2.31. The number of fused-ring (bicyclic) bond motifs is 1. The number of aromatic nitrogens is 5. The summed E-state index contributed by atoms with van der Waals surface area (Å²) in [7, 11) is 0. The standard InChI is InChI=1S/C19H17BrN6/c1-12-13(2)26(16-6-5-15(20)10-22-16)19-17(12)18(24-11-25-19)23-9-14-4-3-7-21-8-14/h3-8,10-11H,9H2,1-2H3,(H,23,24,25). The summed E-state index contributed by atoms with van der Waals surface area (Å²) < 4.78 is 3.01. The molecule has 4 heterocycles. The zero-order valence-corrected chi connectivity index (χ0v) is 16.0. The molecule has 0 saturated carbocycles. The molecule has 0 radical (unpaired) electrons. The van der Waals surface area contributed by atoms with Gasteiger partial charge in [0.25, 0.3) is 0 Å². The number of hydrogen-bond donors (Lipinski definition) is 1. The Kier molecular flexibility index (Phi) is 4.38. The number of aryl methyl sites for hydroxylation is 1. The van der Waals surface area contributed by atoms with Crippen molar-refractivity contribution in [3.8, 4) is 5.82 Å². The highest BCUT2D eigenvalue weighted by Gasteiger charge is 2.18. The van der Waals surface area contributed by atoms with Crippen LogP contribution in [0.2, 0.25) is 0 Å². The minimum absolute atomic E-state index is 0.653. The molecule has 1 N–H and O–H groups in total. The minimum Gasteiger partial charge on any atom is -0.365 e. The second-order valence-electron chi connectivity index (χ2n) is 6.02. The Morgan fingerprint density at radius 3 is 2.69 bits per heavy atom. The maximum Gasteiger partial charge on any atom is 0.151 e. The van der Waals surface area contributed by atoms with Crippen molar-refractivity contribution in [1.29, 1.82) is 0 Å². The Morgan fingerprint density at radius 2 is 1.96 bits per heavy atom.